The number of aryl methyl sites for hydroxylation is 1. The molecule has 1 amide bonds. The van der Waals surface area contributed by atoms with Crippen LogP contribution in [0.25, 0.3) is 0 Å². The molecule has 0 saturated carbocycles. The lowest BCUT2D eigenvalue weighted by molar-refractivity contribution is -0.385. The molecule has 1 aromatic heterocycles. The number of aromatic nitrogens is 1. The van der Waals surface area contributed by atoms with E-state index in [4.69, 9.17) is 4.74 Å². The zero-order chi connectivity index (χ0) is 15.8. The zero-order valence-electron chi connectivity index (χ0n) is 12.6. The Kier molecular flexibility index (Phi) is 3.95. The standard InChI is InChI=1S/C14H19N3O4/c1-9-7-16(8-14(3,4)21-9)13(18)12-5-11(17(19)20)6-15-10(12)2/h5-6,9H,7-8H2,1-4H3. The highest BCUT2D eigenvalue weighted by molar-refractivity contribution is 5.96. The fourth-order valence-electron chi connectivity index (χ4n) is 2.62. The quantitative estimate of drug-likeness (QED) is 0.614. The fraction of sp³-hybridized carbons (Fsp3) is 0.571. The molecule has 1 atom stereocenters. The minimum atomic E-state index is -0.547. The Bertz CT molecular complexity index is 586. The van der Waals surface area contributed by atoms with Gasteiger partial charge in [0.05, 0.1) is 27.9 Å². The van der Waals surface area contributed by atoms with Gasteiger partial charge < -0.3 is 9.64 Å². The lowest BCUT2D eigenvalue weighted by atomic mass is 10.0. The molecule has 0 aliphatic carbocycles. The first kappa shape index (κ1) is 15.4. The third kappa shape index (κ3) is 3.36. The summed E-state index contributed by atoms with van der Waals surface area (Å²) in [5, 5.41) is 10.8. The molecule has 114 valence electrons. The summed E-state index contributed by atoms with van der Waals surface area (Å²) < 4.78 is 5.76. The van der Waals surface area contributed by atoms with Crippen molar-refractivity contribution in [2.45, 2.75) is 39.4 Å². The van der Waals surface area contributed by atoms with Gasteiger partial charge in [-0.25, -0.2) is 0 Å². The maximum absolute atomic E-state index is 12.6. The molecule has 1 aromatic rings. The van der Waals surface area contributed by atoms with Crippen LogP contribution in [-0.2, 0) is 4.74 Å². The molecule has 0 N–H and O–H groups in total. The molecule has 7 heteroatoms. The summed E-state index contributed by atoms with van der Waals surface area (Å²) in [7, 11) is 0. The van der Waals surface area contributed by atoms with Crippen LogP contribution < -0.4 is 0 Å². The highest BCUT2D eigenvalue weighted by Crippen LogP contribution is 2.24. The van der Waals surface area contributed by atoms with Crippen molar-refractivity contribution in [1.82, 2.24) is 9.88 Å². The summed E-state index contributed by atoms with van der Waals surface area (Å²) in [4.78, 5) is 28.5. The number of pyridine rings is 1. The molecule has 0 spiro atoms. The Morgan fingerprint density at radius 2 is 2.24 bits per heavy atom. The Labute approximate surface area is 123 Å². The maximum Gasteiger partial charge on any atom is 0.288 e. The summed E-state index contributed by atoms with van der Waals surface area (Å²) >= 11 is 0. The van der Waals surface area contributed by atoms with E-state index < -0.39 is 10.5 Å². The summed E-state index contributed by atoms with van der Waals surface area (Å²) in [6.07, 6.45) is 1.09. The number of hydrogen-bond acceptors (Lipinski definition) is 5. The van der Waals surface area contributed by atoms with Gasteiger partial charge in [0.1, 0.15) is 6.20 Å². The number of nitrogens with zero attached hydrogens (tertiary/aromatic N) is 3. The number of rotatable bonds is 2. The van der Waals surface area contributed by atoms with Crippen LogP contribution in [0.4, 0.5) is 5.69 Å². The van der Waals surface area contributed by atoms with Crippen LogP contribution in [0.2, 0.25) is 0 Å². The van der Waals surface area contributed by atoms with E-state index in [2.05, 4.69) is 4.98 Å². The maximum atomic E-state index is 12.6. The Balaban J connectivity index is 2.31. The lowest BCUT2D eigenvalue weighted by Crippen LogP contribution is -2.53. The summed E-state index contributed by atoms with van der Waals surface area (Å²) in [5.74, 6) is -0.244. The van der Waals surface area contributed by atoms with Crippen molar-refractivity contribution in [3.8, 4) is 0 Å². The second kappa shape index (κ2) is 5.40. The third-order valence-corrected chi connectivity index (χ3v) is 3.37. The normalized spacial score (nSPS) is 21.1. The first-order valence-electron chi connectivity index (χ1n) is 6.78. The number of carbonyl (C=O) groups is 1. The van der Waals surface area contributed by atoms with Gasteiger partial charge in [0, 0.05) is 19.2 Å². The number of morpholine rings is 1. The van der Waals surface area contributed by atoms with Gasteiger partial charge in [-0.2, -0.15) is 0 Å². The van der Waals surface area contributed by atoms with E-state index in [0.29, 0.717) is 18.8 Å². The molecule has 0 radical (unpaired) electrons. The number of nitro groups is 1. The van der Waals surface area contributed by atoms with Crippen molar-refractivity contribution in [3.05, 3.63) is 33.6 Å². The van der Waals surface area contributed by atoms with E-state index in [0.717, 1.165) is 6.20 Å². The van der Waals surface area contributed by atoms with Gasteiger partial charge in [-0.05, 0) is 27.7 Å². The first-order chi connectivity index (χ1) is 9.69. The SMILES string of the molecule is Cc1ncc([N+](=O)[O-])cc1C(=O)N1CC(C)OC(C)(C)C1. The Morgan fingerprint density at radius 3 is 2.81 bits per heavy atom. The predicted molar refractivity (Wildman–Crippen MR) is 76.2 cm³/mol. The molecule has 0 aromatic carbocycles. The van der Waals surface area contributed by atoms with Crippen molar-refractivity contribution in [2.24, 2.45) is 0 Å². The van der Waals surface area contributed by atoms with Crippen LogP contribution in [0, 0.1) is 17.0 Å². The molecule has 1 saturated heterocycles. The van der Waals surface area contributed by atoms with Gasteiger partial charge in [0.25, 0.3) is 11.6 Å². The summed E-state index contributed by atoms with van der Waals surface area (Å²) in [6.45, 7) is 8.32. The topological polar surface area (TPSA) is 85.6 Å². The van der Waals surface area contributed by atoms with Gasteiger partial charge in [0.15, 0.2) is 0 Å². The highest BCUT2D eigenvalue weighted by Gasteiger charge is 2.34. The van der Waals surface area contributed by atoms with E-state index in [1.165, 1.54) is 6.07 Å². The molecular formula is C14H19N3O4. The van der Waals surface area contributed by atoms with Gasteiger partial charge in [0.2, 0.25) is 0 Å². The molecule has 2 rings (SSSR count). The summed E-state index contributed by atoms with van der Waals surface area (Å²) in [5.41, 5.74) is 0.149. The average molecular weight is 293 g/mol. The number of ether oxygens (including phenoxy) is 1. The Morgan fingerprint density at radius 1 is 1.57 bits per heavy atom. The average Bonchev–Trinajstić information content (AvgIpc) is 2.35. The van der Waals surface area contributed by atoms with Crippen LogP contribution in [0.15, 0.2) is 12.3 Å². The fourth-order valence-corrected chi connectivity index (χ4v) is 2.62. The van der Waals surface area contributed by atoms with Crippen molar-refractivity contribution in [2.75, 3.05) is 13.1 Å². The molecule has 7 nitrogen and oxygen atoms in total. The molecule has 2 heterocycles. The van der Waals surface area contributed by atoms with E-state index in [1.54, 1.807) is 11.8 Å². The molecule has 1 aliphatic heterocycles. The smallest absolute Gasteiger partial charge is 0.288 e. The number of hydrogen-bond donors (Lipinski definition) is 0. The van der Waals surface area contributed by atoms with Gasteiger partial charge in [-0.1, -0.05) is 0 Å². The van der Waals surface area contributed by atoms with Crippen molar-refractivity contribution in [3.63, 3.8) is 0 Å². The first-order valence-corrected chi connectivity index (χ1v) is 6.78. The minimum absolute atomic E-state index is 0.0790. The molecule has 1 aliphatic rings. The predicted octanol–water partition coefficient (Wildman–Crippen LogP) is 1.94. The van der Waals surface area contributed by atoms with Crippen molar-refractivity contribution in [1.29, 1.82) is 0 Å². The second-order valence-corrected chi connectivity index (χ2v) is 5.96. The van der Waals surface area contributed by atoms with Crippen molar-refractivity contribution >= 4 is 11.6 Å². The van der Waals surface area contributed by atoms with Crippen molar-refractivity contribution < 1.29 is 14.5 Å². The minimum Gasteiger partial charge on any atom is -0.369 e. The van der Waals surface area contributed by atoms with E-state index >= 15 is 0 Å². The lowest BCUT2D eigenvalue weighted by Gasteiger charge is -2.41. The summed E-state index contributed by atoms with van der Waals surface area (Å²) in [6, 6.07) is 1.29. The number of amides is 1. The molecule has 1 fully saturated rings. The highest BCUT2D eigenvalue weighted by atomic mass is 16.6. The largest absolute Gasteiger partial charge is 0.369 e. The van der Waals surface area contributed by atoms with Crippen LogP contribution >= 0.6 is 0 Å². The van der Waals surface area contributed by atoms with Gasteiger partial charge in [-0.15, -0.1) is 0 Å². The molecular weight excluding hydrogens is 274 g/mol. The van der Waals surface area contributed by atoms with Crippen LogP contribution in [0.5, 0.6) is 0 Å². The van der Waals surface area contributed by atoms with Crippen LogP contribution in [-0.4, -0.2) is 45.5 Å². The van der Waals surface area contributed by atoms with Gasteiger partial charge in [-0.3, -0.25) is 19.9 Å². The van der Waals surface area contributed by atoms with E-state index in [9.17, 15) is 14.9 Å². The van der Waals surface area contributed by atoms with Crippen LogP contribution in [0.3, 0.4) is 0 Å². The molecule has 21 heavy (non-hydrogen) atoms. The molecule has 0 bridgehead atoms. The van der Waals surface area contributed by atoms with E-state index in [1.807, 2.05) is 20.8 Å². The van der Waals surface area contributed by atoms with Gasteiger partial charge >= 0.3 is 0 Å². The number of carbonyl (C=O) groups excluding carboxylic acids is 1. The molecule has 1 unspecified atom stereocenters. The second-order valence-electron chi connectivity index (χ2n) is 5.96. The van der Waals surface area contributed by atoms with Crippen LogP contribution in [0.1, 0.15) is 36.8 Å². The Hall–Kier alpha value is -2.02. The monoisotopic (exact) mass is 293 g/mol. The third-order valence-electron chi connectivity index (χ3n) is 3.37. The zero-order valence-corrected chi connectivity index (χ0v) is 12.6. The van der Waals surface area contributed by atoms with E-state index in [-0.39, 0.29) is 23.3 Å².